The van der Waals surface area contributed by atoms with Crippen LogP contribution in [0, 0.1) is 0 Å². The first-order valence-corrected chi connectivity index (χ1v) is 8.51. The summed E-state index contributed by atoms with van der Waals surface area (Å²) in [6.45, 7) is 7.99. The molecule has 21 heavy (non-hydrogen) atoms. The Morgan fingerprint density at radius 2 is 2.05 bits per heavy atom. The van der Waals surface area contributed by atoms with Crippen LogP contribution in [0.15, 0.2) is 28.3 Å². The van der Waals surface area contributed by atoms with Crippen LogP contribution in [0.5, 0.6) is 0 Å². The van der Waals surface area contributed by atoms with E-state index in [0.29, 0.717) is 0 Å². The molecular formula is C15H21BrN4S. The highest BCUT2D eigenvalue weighted by molar-refractivity contribution is 9.10. The van der Waals surface area contributed by atoms with Crippen LogP contribution < -0.4 is 10.2 Å². The van der Waals surface area contributed by atoms with Crippen molar-refractivity contribution in [1.29, 1.82) is 0 Å². The first-order valence-electron chi connectivity index (χ1n) is 6.83. The minimum atomic E-state index is 0.0870. The molecule has 4 nitrogen and oxygen atoms in total. The van der Waals surface area contributed by atoms with Gasteiger partial charge in [0.05, 0.1) is 24.6 Å². The van der Waals surface area contributed by atoms with E-state index in [1.54, 1.807) is 11.3 Å². The van der Waals surface area contributed by atoms with Crippen LogP contribution in [0.25, 0.3) is 0 Å². The van der Waals surface area contributed by atoms with Crippen molar-refractivity contribution in [2.45, 2.75) is 39.4 Å². The molecule has 0 atom stereocenters. The zero-order chi connectivity index (χ0) is 15.5. The first kappa shape index (κ1) is 16.4. The molecule has 0 radical (unpaired) electrons. The number of rotatable bonds is 5. The SMILES string of the molecule is CN(Cc1cc(Br)cs1)c1cnc(CNC(C)(C)C)cn1. The summed E-state index contributed by atoms with van der Waals surface area (Å²) >= 11 is 5.22. The van der Waals surface area contributed by atoms with E-state index in [1.807, 2.05) is 19.4 Å². The van der Waals surface area contributed by atoms with Crippen molar-refractivity contribution in [2.24, 2.45) is 0 Å². The molecule has 0 saturated carbocycles. The smallest absolute Gasteiger partial charge is 0.147 e. The summed E-state index contributed by atoms with van der Waals surface area (Å²) in [6.07, 6.45) is 3.68. The molecule has 2 heterocycles. The summed E-state index contributed by atoms with van der Waals surface area (Å²) in [6, 6.07) is 2.14. The number of aromatic nitrogens is 2. The van der Waals surface area contributed by atoms with E-state index in [4.69, 9.17) is 0 Å². The highest BCUT2D eigenvalue weighted by atomic mass is 79.9. The molecule has 0 saturated heterocycles. The molecule has 0 aromatic carbocycles. The third-order valence-electron chi connectivity index (χ3n) is 2.90. The largest absolute Gasteiger partial charge is 0.353 e. The van der Waals surface area contributed by atoms with Gasteiger partial charge in [0.25, 0.3) is 0 Å². The number of anilines is 1. The molecule has 6 heteroatoms. The lowest BCUT2D eigenvalue weighted by Crippen LogP contribution is -2.35. The van der Waals surface area contributed by atoms with Crippen LogP contribution in [0.2, 0.25) is 0 Å². The molecule has 0 bridgehead atoms. The summed E-state index contributed by atoms with van der Waals surface area (Å²) in [5, 5.41) is 5.50. The topological polar surface area (TPSA) is 41.1 Å². The Balaban J connectivity index is 1.94. The van der Waals surface area contributed by atoms with Gasteiger partial charge in [0.15, 0.2) is 0 Å². The Hall–Kier alpha value is -0.980. The van der Waals surface area contributed by atoms with E-state index in [-0.39, 0.29) is 5.54 Å². The van der Waals surface area contributed by atoms with Crippen molar-refractivity contribution in [2.75, 3.05) is 11.9 Å². The second kappa shape index (κ2) is 6.85. The molecule has 0 aliphatic heterocycles. The minimum Gasteiger partial charge on any atom is -0.353 e. The van der Waals surface area contributed by atoms with Gasteiger partial charge in [-0.1, -0.05) is 0 Å². The van der Waals surface area contributed by atoms with E-state index in [9.17, 15) is 0 Å². The molecule has 114 valence electrons. The van der Waals surface area contributed by atoms with Crippen molar-refractivity contribution in [3.63, 3.8) is 0 Å². The van der Waals surface area contributed by atoms with Crippen LogP contribution in [0.4, 0.5) is 5.82 Å². The lowest BCUT2D eigenvalue weighted by Gasteiger charge is -2.20. The van der Waals surface area contributed by atoms with Gasteiger partial charge in [0, 0.05) is 33.9 Å². The molecule has 0 amide bonds. The predicted molar refractivity (Wildman–Crippen MR) is 92.8 cm³/mol. The minimum absolute atomic E-state index is 0.0870. The van der Waals surface area contributed by atoms with Crippen LogP contribution in [-0.2, 0) is 13.1 Å². The van der Waals surface area contributed by atoms with Gasteiger partial charge in [-0.2, -0.15) is 0 Å². The van der Waals surface area contributed by atoms with Crippen LogP contribution in [0.3, 0.4) is 0 Å². The molecule has 0 fully saturated rings. The van der Waals surface area contributed by atoms with Crippen molar-refractivity contribution in [1.82, 2.24) is 15.3 Å². The molecule has 0 aliphatic rings. The maximum absolute atomic E-state index is 4.50. The number of hydrogen-bond donors (Lipinski definition) is 1. The van der Waals surface area contributed by atoms with Gasteiger partial charge in [0.2, 0.25) is 0 Å². The molecule has 1 N–H and O–H groups in total. The summed E-state index contributed by atoms with van der Waals surface area (Å²) in [4.78, 5) is 12.4. The summed E-state index contributed by atoms with van der Waals surface area (Å²) in [5.74, 6) is 0.888. The van der Waals surface area contributed by atoms with Crippen LogP contribution >= 0.6 is 27.3 Å². The summed E-state index contributed by atoms with van der Waals surface area (Å²) in [5.41, 5.74) is 1.05. The summed E-state index contributed by atoms with van der Waals surface area (Å²) in [7, 11) is 2.03. The average molecular weight is 369 g/mol. The van der Waals surface area contributed by atoms with Crippen LogP contribution in [0.1, 0.15) is 31.3 Å². The van der Waals surface area contributed by atoms with Gasteiger partial charge in [-0.25, -0.2) is 4.98 Å². The molecule has 2 aromatic rings. The second-order valence-corrected chi connectivity index (χ2v) is 7.97. The highest BCUT2D eigenvalue weighted by Crippen LogP contribution is 2.22. The molecule has 0 spiro atoms. The quantitative estimate of drug-likeness (QED) is 0.870. The Kier molecular flexibility index (Phi) is 5.35. The third-order valence-corrected chi connectivity index (χ3v) is 4.58. The maximum atomic E-state index is 4.50. The Morgan fingerprint density at radius 1 is 1.29 bits per heavy atom. The molecule has 2 rings (SSSR count). The number of nitrogens with one attached hydrogen (secondary N) is 1. The number of thiophene rings is 1. The summed E-state index contributed by atoms with van der Waals surface area (Å²) < 4.78 is 1.13. The Bertz CT molecular complexity index is 574. The predicted octanol–water partition coefficient (Wildman–Crippen LogP) is 3.83. The fourth-order valence-electron chi connectivity index (χ4n) is 1.74. The van der Waals surface area contributed by atoms with Crippen molar-refractivity contribution in [3.8, 4) is 0 Å². The zero-order valence-electron chi connectivity index (χ0n) is 12.9. The van der Waals surface area contributed by atoms with E-state index in [1.165, 1.54) is 4.88 Å². The lowest BCUT2D eigenvalue weighted by atomic mass is 10.1. The van der Waals surface area contributed by atoms with Gasteiger partial charge in [-0.3, -0.25) is 4.98 Å². The van der Waals surface area contributed by atoms with Gasteiger partial charge in [-0.15, -0.1) is 11.3 Å². The fourth-order valence-corrected chi connectivity index (χ4v) is 3.25. The van der Waals surface area contributed by atoms with E-state index in [0.717, 1.165) is 29.1 Å². The fraction of sp³-hybridized carbons (Fsp3) is 0.467. The average Bonchev–Trinajstić information content (AvgIpc) is 2.81. The van der Waals surface area contributed by atoms with Gasteiger partial charge in [0.1, 0.15) is 5.82 Å². The standard InChI is InChI=1S/C15H21BrN4S/c1-15(2,3)19-7-12-6-18-14(8-17-12)20(4)9-13-5-11(16)10-21-13/h5-6,8,10,19H,7,9H2,1-4H3. The highest BCUT2D eigenvalue weighted by Gasteiger charge is 2.10. The number of hydrogen-bond acceptors (Lipinski definition) is 5. The van der Waals surface area contributed by atoms with Crippen LogP contribution in [-0.4, -0.2) is 22.6 Å². The third kappa shape index (κ3) is 5.37. The zero-order valence-corrected chi connectivity index (χ0v) is 15.3. The maximum Gasteiger partial charge on any atom is 0.147 e. The molecule has 0 unspecified atom stereocenters. The van der Waals surface area contributed by atoms with Gasteiger partial charge < -0.3 is 10.2 Å². The molecular weight excluding hydrogens is 348 g/mol. The number of nitrogens with zero attached hydrogens (tertiary/aromatic N) is 3. The van der Waals surface area contributed by atoms with Gasteiger partial charge >= 0.3 is 0 Å². The van der Waals surface area contributed by atoms with Crippen molar-refractivity contribution >= 4 is 33.1 Å². The monoisotopic (exact) mass is 368 g/mol. The molecule has 2 aromatic heterocycles. The van der Waals surface area contributed by atoms with E-state index < -0.39 is 0 Å². The second-order valence-electron chi connectivity index (χ2n) is 6.06. The van der Waals surface area contributed by atoms with E-state index >= 15 is 0 Å². The lowest BCUT2D eigenvalue weighted by molar-refractivity contribution is 0.421. The van der Waals surface area contributed by atoms with Gasteiger partial charge in [-0.05, 0) is 42.8 Å². The first-order chi connectivity index (χ1) is 9.83. The Morgan fingerprint density at radius 3 is 2.57 bits per heavy atom. The van der Waals surface area contributed by atoms with Crippen molar-refractivity contribution < 1.29 is 0 Å². The normalized spacial score (nSPS) is 11.7. The van der Waals surface area contributed by atoms with Crippen molar-refractivity contribution in [3.05, 3.63) is 38.9 Å². The Labute approximate surface area is 138 Å². The van der Waals surface area contributed by atoms with E-state index in [2.05, 4.69) is 68.3 Å². The molecule has 0 aliphatic carbocycles. The number of halogens is 1.